The molecule has 2 nitrogen and oxygen atoms in total. The third-order valence-corrected chi connectivity index (χ3v) is 3.31. The van der Waals surface area contributed by atoms with Crippen LogP contribution in [0.15, 0.2) is 0 Å². The van der Waals surface area contributed by atoms with Crippen LogP contribution in [0.2, 0.25) is 0 Å². The quantitative estimate of drug-likeness (QED) is 0.453. The minimum absolute atomic E-state index is 0. The number of rotatable bonds is 11. The molecule has 0 aliphatic heterocycles. The van der Waals surface area contributed by atoms with Crippen LogP contribution in [0, 0.1) is 11.3 Å². The Hall–Kier alpha value is 0.450. The van der Waals surface area contributed by atoms with Gasteiger partial charge in [-0.3, -0.25) is 0 Å². The number of nitrogens with zero attached hydrogens (tertiary/aromatic N) is 1. The molecule has 1 atom stereocenters. The molecule has 0 rings (SSSR count). The summed E-state index contributed by atoms with van der Waals surface area (Å²) in [6, 6.07) is 2.15. The van der Waals surface area contributed by atoms with Gasteiger partial charge < -0.3 is 5.73 Å². The summed E-state index contributed by atoms with van der Waals surface area (Å²) in [7, 11) is 0. The van der Waals surface area contributed by atoms with Gasteiger partial charge in [0.15, 0.2) is 0 Å². The first-order valence-corrected chi connectivity index (χ1v) is 7.32. The van der Waals surface area contributed by atoms with E-state index in [1.54, 1.807) is 0 Å². The molecule has 0 heterocycles. The summed E-state index contributed by atoms with van der Waals surface area (Å²) in [4.78, 5) is 0. The molecule has 0 bridgehead atoms. The van der Waals surface area contributed by atoms with Gasteiger partial charge >= 0.3 is 29.6 Å². The summed E-state index contributed by atoms with van der Waals surface area (Å²) < 4.78 is 0. The molecule has 0 amide bonds. The second-order valence-corrected chi connectivity index (χ2v) is 5.46. The summed E-state index contributed by atoms with van der Waals surface area (Å²) in [6.45, 7) is 4.08. The normalized spacial score (nSPS) is 13.4. The van der Waals surface area contributed by atoms with E-state index in [4.69, 9.17) is 11.0 Å². The van der Waals surface area contributed by atoms with Crippen molar-refractivity contribution in [3.63, 3.8) is 0 Å². The Balaban J connectivity index is 0. The zero-order valence-corrected chi connectivity index (χ0v) is 11.8. The Bertz CT molecular complexity index is 209. The van der Waals surface area contributed by atoms with Crippen molar-refractivity contribution in [3.8, 4) is 6.07 Å². The van der Waals surface area contributed by atoms with Crippen LogP contribution < -0.4 is 5.73 Å². The zero-order chi connectivity index (χ0) is 13.0. The summed E-state index contributed by atoms with van der Waals surface area (Å²) in [6.07, 6.45) is 14.1. The minimum atomic E-state index is -0.611. The Kier molecular flexibility index (Phi) is 16.0. The topological polar surface area (TPSA) is 49.8 Å². The predicted molar refractivity (Wildman–Crippen MR) is 81.8 cm³/mol. The van der Waals surface area contributed by atoms with E-state index in [0.29, 0.717) is 0 Å². The van der Waals surface area contributed by atoms with Crippen molar-refractivity contribution >= 4 is 29.6 Å². The number of hydrogen-bond donors (Lipinski definition) is 1. The van der Waals surface area contributed by atoms with Crippen LogP contribution in [0.5, 0.6) is 0 Å². The number of unbranched alkanes of at least 4 members (excludes halogenated alkanes) is 9. The van der Waals surface area contributed by atoms with Gasteiger partial charge in [0.2, 0.25) is 0 Å². The van der Waals surface area contributed by atoms with Crippen LogP contribution in [0.1, 0.15) is 84.5 Å². The van der Waals surface area contributed by atoms with E-state index in [1.807, 2.05) is 6.92 Å². The molecular formula is C15H31N2Na. The Morgan fingerprint density at radius 3 is 1.67 bits per heavy atom. The second kappa shape index (κ2) is 13.9. The third-order valence-electron chi connectivity index (χ3n) is 3.31. The van der Waals surface area contributed by atoms with Crippen LogP contribution in [-0.2, 0) is 0 Å². The first-order valence-electron chi connectivity index (χ1n) is 7.32. The summed E-state index contributed by atoms with van der Waals surface area (Å²) >= 11 is 0. The molecule has 0 aromatic heterocycles. The fourth-order valence-corrected chi connectivity index (χ4v) is 2.04. The van der Waals surface area contributed by atoms with E-state index in [-0.39, 0.29) is 29.6 Å². The van der Waals surface area contributed by atoms with Gasteiger partial charge in [-0.25, -0.2) is 0 Å². The average molecular weight is 262 g/mol. The standard InChI is InChI=1S/C15H30N2.Na.H/c1-3-4-5-6-7-8-9-10-11-12-13-15(2,17)14-16;;/h3-13,17H2,1-2H3;;. The van der Waals surface area contributed by atoms with Crippen molar-refractivity contribution < 1.29 is 0 Å². The third kappa shape index (κ3) is 14.5. The molecule has 0 aromatic rings. The molecule has 0 aliphatic rings. The van der Waals surface area contributed by atoms with E-state index >= 15 is 0 Å². The molecule has 0 spiro atoms. The molecule has 0 fully saturated rings. The molecule has 2 N–H and O–H groups in total. The van der Waals surface area contributed by atoms with Gasteiger partial charge in [0.1, 0.15) is 5.54 Å². The van der Waals surface area contributed by atoms with Crippen molar-refractivity contribution in [1.29, 1.82) is 5.26 Å². The van der Waals surface area contributed by atoms with E-state index < -0.39 is 5.54 Å². The van der Waals surface area contributed by atoms with Gasteiger partial charge in [0.05, 0.1) is 6.07 Å². The van der Waals surface area contributed by atoms with Crippen molar-refractivity contribution in [2.75, 3.05) is 0 Å². The Morgan fingerprint density at radius 1 is 0.889 bits per heavy atom. The van der Waals surface area contributed by atoms with Gasteiger partial charge in [-0.05, 0) is 13.3 Å². The van der Waals surface area contributed by atoms with Crippen molar-refractivity contribution in [3.05, 3.63) is 0 Å². The van der Waals surface area contributed by atoms with Crippen LogP contribution >= 0.6 is 0 Å². The predicted octanol–water partition coefficient (Wildman–Crippen LogP) is 3.89. The van der Waals surface area contributed by atoms with Gasteiger partial charge in [-0.1, -0.05) is 71.1 Å². The van der Waals surface area contributed by atoms with E-state index in [2.05, 4.69) is 13.0 Å². The van der Waals surface area contributed by atoms with Gasteiger partial charge in [0, 0.05) is 0 Å². The van der Waals surface area contributed by atoms with Crippen LogP contribution in [0.25, 0.3) is 0 Å². The maximum atomic E-state index is 8.76. The van der Waals surface area contributed by atoms with Crippen LogP contribution in [0.4, 0.5) is 0 Å². The first-order chi connectivity index (χ1) is 8.12. The Morgan fingerprint density at radius 2 is 1.28 bits per heavy atom. The fourth-order valence-electron chi connectivity index (χ4n) is 2.04. The molecule has 18 heavy (non-hydrogen) atoms. The second-order valence-electron chi connectivity index (χ2n) is 5.46. The average Bonchev–Trinajstić information content (AvgIpc) is 2.31. The summed E-state index contributed by atoms with van der Waals surface area (Å²) in [5.74, 6) is 0. The van der Waals surface area contributed by atoms with Gasteiger partial charge in [-0.15, -0.1) is 0 Å². The summed E-state index contributed by atoms with van der Waals surface area (Å²) in [5.41, 5.74) is 5.15. The molecule has 0 aliphatic carbocycles. The fraction of sp³-hybridized carbons (Fsp3) is 0.933. The molecule has 0 aromatic carbocycles. The molecule has 0 radical (unpaired) electrons. The Labute approximate surface area is 136 Å². The van der Waals surface area contributed by atoms with Crippen LogP contribution in [-0.4, -0.2) is 35.1 Å². The first kappa shape index (κ1) is 20.8. The molecular weight excluding hydrogens is 231 g/mol. The van der Waals surface area contributed by atoms with Crippen molar-refractivity contribution in [1.82, 2.24) is 0 Å². The SMILES string of the molecule is CCCCCCCCCCCCC(C)(N)C#N.[NaH]. The van der Waals surface area contributed by atoms with Gasteiger partial charge in [-0.2, -0.15) is 5.26 Å². The molecule has 0 saturated heterocycles. The number of nitriles is 1. The monoisotopic (exact) mass is 262 g/mol. The van der Waals surface area contributed by atoms with Crippen molar-refractivity contribution in [2.45, 2.75) is 90.0 Å². The molecule has 0 saturated carbocycles. The maximum absolute atomic E-state index is 8.76. The van der Waals surface area contributed by atoms with Crippen LogP contribution in [0.3, 0.4) is 0 Å². The molecule has 3 heteroatoms. The number of hydrogen-bond acceptors (Lipinski definition) is 2. The van der Waals surface area contributed by atoms with E-state index in [0.717, 1.165) is 12.8 Å². The zero-order valence-electron chi connectivity index (χ0n) is 11.8. The molecule has 1 unspecified atom stereocenters. The summed E-state index contributed by atoms with van der Waals surface area (Å²) in [5, 5.41) is 8.76. The van der Waals surface area contributed by atoms with E-state index in [9.17, 15) is 0 Å². The molecule has 102 valence electrons. The van der Waals surface area contributed by atoms with E-state index in [1.165, 1.54) is 57.8 Å². The van der Waals surface area contributed by atoms with Gasteiger partial charge in [0.25, 0.3) is 0 Å². The van der Waals surface area contributed by atoms with Crippen molar-refractivity contribution in [2.24, 2.45) is 5.73 Å². The number of nitrogens with two attached hydrogens (primary N) is 1.